The normalized spacial score (nSPS) is 31.8. The van der Waals surface area contributed by atoms with Crippen LogP contribution in [0, 0.1) is 11.7 Å². The van der Waals surface area contributed by atoms with E-state index in [1.807, 2.05) is 0 Å². The lowest BCUT2D eigenvalue weighted by Gasteiger charge is -2.19. The fourth-order valence-electron chi connectivity index (χ4n) is 1.87. The second-order valence-electron chi connectivity index (χ2n) is 4.23. The molecule has 2 rings (SSSR count). The lowest BCUT2D eigenvalue weighted by Crippen LogP contribution is -2.33. The van der Waals surface area contributed by atoms with Crippen molar-refractivity contribution in [1.82, 2.24) is 9.55 Å². The summed E-state index contributed by atoms with van der Waals surface area (Å²) in [6.45, 7) is 1.36. The second kappa shape index (κ2) is 4.90. The number of nitrogens with zero attached hydrogens (tertiary/aromatic N) is 2. The summed E-state index contributed by atoms with van der Waals surface area (Å²) in [7, 11) is 0. The van der Waals surface area contributed by atoms with E-state index >= 15 is 0 Å². The molecule has 1 aliphatic rings. The molecule has 0 spiro atoms. The van der Waals surface area contributed by atoms with Gasteiger partial charge in [0.25, 0.3) is 0 Å². The van der Waals surface area contributed by atoms with Crippen LogP contribution in [0.25, 0.3) is 0 Å². The van der Waals surface area contributed by atoms with Crippen LogP contribution in [0.5, 0.6) is 0 Å². The van der Waals surface area contributed by atoms with Crippen LogP contribution in [0.3, 0.4) is 0 Å². The molecule has 8 heteroatoms. The van der Waals surface area contributed by atoms with Gasteiger partial charge < -0.3 is 25.8 Å². The van der Waals surface area contributed by atoms with Crippen LogP contribution in [0.15, 0.2) is 6.20 Å². The smallest absolute Gasteiger partial charge is 0.203 e. The molecule has 2 heterocycles. The van der Waals surface area contributed by atoms with Crippen molar-refractivity contribution in [2.24, 2.45) is 0 Å². The van der Waals surface area contributed by atoms with Crippen molar-refractivity contribution in [2.45, 2.75) is 31.5 Å². The molecule has 1 aliphatic heterocycles. The third kappa shape index (κ3) is 2.13. The van der Waals surface area contributed by atoms with E-state index in [4.69, 9.17) is 27.8 Å². The van der Waals surface area contributed by atoms with Gasteiger partial charge in [-0.25, -0.2) is 4.98 Å². The first-order valence-electron chi connectivity index (χ1n) is 5.43. The van der Waals surface area contributed by atoms with E-state index in [1.54, 1.807) is 13.1 Å². The highest BCUT2D eigenvalue weighted by atomic mass is 32.1. The summed E-state index contributed by atoms with van der Waals surface area (Å²) in [6.07, 6.45) is -2.47. The first-order chi connectivity index (χ1) is 8.45. The topological polar surface area (TPSA) is 114 Å². The molecule has 5 N–H and O–H groups in total. The minimum atomic E-state index is -1.18. The van der Waals surface area contributed by atoms with E-state index in [1.165, 1.54) is 4.57 Å². The second-order valence-corrected chi connectivity index (χ2v) is 4.59. The summed E-state index contributed by atoms with van der Waals surface area (Å²) in [5.74, 6) is 0.308. The molecule has 1 aromatic rings. The maximum Gasteiger partial charge on any atom is 0.203 e. The zero-order valence-corrected chi connectivity index (χ0v) is 10.5. The third-order valence-electron chi connectivity index (χ3n) is 2.97. The first-order valence-corrected chi connectivity index (χ1v) is 5.84. The number of aliphatic hydroxyl groups is 3. The Morgan fingerprint density at radius 1 is 1.50 bits per heavy atom. The van der Waals surface area contributed by atoms with Crippen molar-refractivity contribution in [3.63, 3.8) is 0 Å². The summed E-state index contributed by atoms with van der Waals surface area (Å²) in [5.41, 5.74) is 6.30. The number of rotatable bonds is 2. The summed E-state index contributed by atoms with van der Waals surface area (Å²) in [5, 5.41) is 28.6. The lowest BCUT2D eigenvalue weighted by atomic mass is 10.1. The summed E-state index contributed by atoms with van der Waals surface area (Å²) in [4.78, 5) is 3.95. The number of aliphatic hydroxyl groups excluding tert-OH is 3. The molecule has 100 valence electrons. The van der Waals surface area contributed by atoms with Gasteiger partial charge in [0.2, 0.25) is 4.77 Å². The fourth-order valence-corrected chi connectivity index (χ4v) is 2.13. The number of nitrogen functional groups attached to an aromatic ring is 1. The van der Waals surface area contributed by atoms with Crippen LogP contribution in [-0.4, -0.2) is 49.8 Å². The number of hydrogen-bond donors (Lipinski definition) is 4. The largest absolute Gasteiger partial charge is 0.394 e. The molecule has 0 amide bonds. The maximum atomic E-state index is 9.88. The molecule has 18 heavy (non-hydrogen) atoms. The SMILES string of the molecule is Cc1cn([C@@H]2O[C@H](CO)[C@@H](O)[C@@H]2O)c(=S)nc1N. The first kappa shape index (κ1) is 13.4. The van der Waals surface area contributed by atoms with Gasteiger partial charge in [-0.2, -0.15) is 0 Å². The Hall–Kier alpha value is -1.06. The molecule has 0 unspecified atom stereocenters. The van der Waals surface area contributed by atoms with E-state index in [9.17, 15) is 10.2 Å². The molecular formula is C10H15N3O4S. The average molecular weight is 273 g/mol. The molecule has 7 nitrogen and oxygen atoms in total. The molecule has 1 saturated heterocycles. The van der Waals surface area contributed by atoms with Crippen LogP contribution < -0.4 is 5.73 Å². The molecular weight excluding hydrogens is 258 g/mol. The molecule has 0 radical (unpaired) electrons. The Labute approximate surface area is 108 Å². The van der Waals surface area contributed by atoms with Gasteiger partial charge in [-0.3, -0.25) is 4.57 Å². The van der Waals surface area contributed by atoms with Gasteiger partial charge in [0.15, 0.2) is 6.23 Å². The Morgan fingerprint density at radius 3 is 2.72 bits per heavy atom. The third-order valence-corrected chi connectivity index (χ3v) is 3.27. The Bertz CT molecular complexity index is 506. The predicted octanol–water partition coefficient (Wildman–Crippen LogP) is -0.885. The van der Waals surface area contributed by atoms with Crippen LogP contribution in [-0.2, 0) is 4.74 Å². The van der Waals surface area contributed by atoms with Crippen molar-refractivity contribution >= 4 is 18.0 Å². The van der Waals surface area contributed by atoms with Gasteiger partial charge in [0.05, 0.1) is 6.61 Å². The number of nitrogens with two attached hydrogens (primary N) is 1. The van der Waals surface area contributed by atoms with Crippen LogP contribution >= 0.6 is 12.2 Å². The van der Waals surface area contributed by atoms with Crippen LogP contribution in [0.2, 0.25) is 0 Å². The van der Waals surface area contributed by atoms with E-state index in [2.05, 4.69) is 4.98 Å². The Kier molecular flexibility index (Phi) is 3.64. The van der Waals surface area contributed by atoms with Crippen molar-refractivity contribution in [2.75, 3.05) is 12.3 Å². The van der Waals surface area contributed by atoms with Gasteiger partial charge in [-0.15, -0.1) is 0 Å². The number of aryl methyl sites for hydroxylation is 1. The molecule has 4 atom stereocenters. The maximum absolute atomic E-state index is 9.88. The summed E-state index contributed by atoms with van der Waals surface area (Å²) >= 11 is 5.04. The lowest BCUT2D eigenvalue weighted by molar-refractivity contribution is -0.0541. The average Bonchev–Trinajstić information content (AvgIpc) is 2.61. The number of anilines is 1. The molecule has 0 aromatic carbocycles. The molecule has 0 saturated carbocycles. The van der Waals surface area contributed by atoms with Crippen molar-refractivity contribution < 1.29 is 20.1 Å². The summed E-state index contributed by atoms with van der Waals surface area (Å²) < 4.78 is 6.93. The Morgan fingerprint density at radius 2 is 2.17 bits per heavy atom. The van der Waals surface area contributed by atoms with Crippen LogP contribution in [0.4, 0.5) is 5.82 Å². The van der Waals surface area contributed by atoms with Gasteiger partial charge in [0.1, 0.15) is 24.1 Å². The monoisotopic (exact) mass is 273 g/mol. The number of ether oxygens (including phenoxy) is 1. The quantitative estimate of drug-likeness (QED) is 0.517. The minimum absolute atomic E-state index is 0.146. The van der Waals surface area contributed by atoms with Crippen molar-refractivity contribution in [3.8, 4) is 0 Å². The van der Waals surface area contributed by atoms with Gasteiger partial charge in [-0.1, -0.05) is 0 Å². The zero-order valence-electron chi connectivity index (χ0n) is 9.72. The van der Waals surface area contributed by atoms with Crippen molar-refractivity contribution in [1.29, 1.82) is 0 Å². The summed E-state index contributed by atoms with van der Waals surface area (Å²) in [6, 6.07) is 0. The highest BCUT2D eigenvalue weighted by Gasteiger charge is 2.43. The van der Waals surface area contributed by atoms with Crippen molar-refractivity contribution in [3.05, 3.63) is 16.5 Å². The standard InChI is InChI=1S/C10H15N3O4S/c1-4-2-13(10(18)12-8(4)11)9-7(16)6(15)5(3-14)17-9/h2,5-7,9,14-16H,3H2,1H3,(H2,11,12,18)/t5-,6-,7+,9-/m1/s1. The van der Waals surface area contributed by atoms with Gasteiger partial charge >= 0.3 is 0 Å². The highest BCUT2D eigenvalue weighted by Crippen LogP contribution is 2.29. The van der Waals surface area contributed by atoms with E-state index in [-0.39, 0.29) is 11.4 Å². The Balaban J connectivity index is 2.39. The van der Waals surface area contributed by atoms with Crippen LogP contribution in [0.1, 0.15) is 11.8 Å². The number of hydrogen-bond acceptors (Lipinski definition) is 7. The van der Waals surface area contributed by atoms with Gasteiger partial charge in [-0.05, 0) is 19.1 Å². The molecule has 1 fully saturated rings. The van der Waals surface area contributed by atoms with E-state index in [0.717, 1.165) is 0 Å². The molecule has 0 bridgehead atoms. The molecule has 0 aliphatic carbocycles. The van der Waals surface area contributed by atoms with E-state index in [0.29, 0.717) is 11.4 Å². The zero-order chi connectivity index (χ0) is 13.4. The highest BCUT2D eigenvalue weighted by molar-refractivity contribution is 7.71. The van der Waals surface area contributed by atoms with Gasteiger partial charge in [0, 0.05) is 11.8 Å². The predicted molar refractivity (Wildman–Crippen MR) is 65.2 cm³/mol. The van der Waals surface area contributed by atoms with E-state index < -0.39 is 24.5 Å². The number of aromatic nitrogens is 2. The molecule has 1 aromatic heterocycles. The minimum Gasteiger partial charge on any atom is -0.394 e. The fraction of sp³-hybridized carbons (Fsp3) is 0.600.